The van der Waals surface area contributed by atoms with Gasteiger partial charge >= 0.3 is 0 Å². The van der Waals surface area contributed by atoms with Crippen molar-refractivity contribution in [1.82, 2.24) is 4.98 Å². The summed E-state index contributed by atoms with van der Waals surface area (Å²) in [5.41, 5.74) is 0.396. The zero-order valence-corrected chi connectivity index (χ0v) is 12.2. The van der Waals surface area contributed by atoms with Gasteiger partial charge in [-0.1, -0.05) is 56.4 Å². The molecule has 104 valence electrons. The number of nitrogens with zero attached hydrogens (tertiary/aromatic N) is 1. The summed E-state index contributed by atoms with van der Waals surface area (Å²) >= 11 is 0. The van der Waals surface area contributed by atoms with Crippen LogP contribution in [0.15, 0.2) is 36.4 Å². The first-order chi connectivity index (χ1) is 9.69. The summed E-state index contributed by atoms with van der Waals surface area (Å²) in [6.45, 7) is 4.07. The first kappa shape index (κ1) is 14.6. The quantitative estimate of drug-likeness (QED) is 0.670. The van der Waals surface area contributed by atoms with Crippen LogP contribution in [0, 0.1) is 11.8 Å². The van der Waals surface area contributed by atoms with Crippen LogP contribution < -0.4 is 0 Å². The van der Waals surface area contributed by atoms with Crippen LogP contribution >= 0.6 is 0 Å². The molecule has 0 bridgehead atoms. The van der Waals surface area contributed by atoms with Crippen LogP contribution in [0.5, 0.6) is 0 Å². The Morgan fingerprint density at radius 2 is 1.95 bits per heavy atom. The summed E-state index contributed by atoms with van der Waals surface area (Å²) in [5.74, 6) is 6.09. The molecule has 0 aliphatic rings. The second-order valence-corrected chi connectivity index (χ2v) is 5.01. The average molecular weight is 267 g/mol. The smallest absolute Gasteiger partial charge is 0.167 e. The molecule has 1 unspecified atom stereocenters. The van der Waals surface area contributed by atoms with Gasteiger partial charge in [0, 0.05) is 11.8 Å². The third-order valence-electron chi connectivity index (χ3n) is 3.48. The normalized spacial score (nSPS) is 13.6. The fraction of sp³-hybridized carbons (Fsp3) is 0.389. The lowest BCUT2D eigenvalue weighted by molar-refractivity contribution is 0.0915. The molecule has 2 heteroatoms. The van der Waals surface area contributed by atoms with Crippen molar-refractivity contribution >= 4 is 10.9 Å². The Morgan fingerprint density at radius 3 is 2.70 bits per heavy atom. The molecular weight excluding hydrogens is 246 g/mol. The number of aromatic nitrogens is 1. The molecule has 0 spiro atoms. The monoisotopic (exact) mass is 267 g/mol. The van der Waals surface area contributed by atoms with Crippen molar-refractivity contribution in [2.45, 2.75) is 45.1 Å². The van der Waals surface area contributed by atoms with Gasteiger partial charge in [-0.2, -0.15) is 0 Å². The molecule has 2 rings (SSSR count). The van der Waals surface area contributed by atoms with E-state index in [4.69, 9.17) is 0 Å². The lowest BCUT2D eigenvalue weighted by Gasteiger charge is -2.20. The maximum atomic E-state index is 10.7. The van der Waals surface area contributed by atoms with Gasteiger partial charge in [0.05, 0.1) is 11.2 Å². The van der Waals surface area contributed by atoms with E-state index in [2.05, 4.69) is 23.7 Å². The first-order valence-electron chi connectivity index (χ1n) is 7.28. The van der Waals surface area contributed by atoms with E-state index in [0.29, 0.717) is 12.1 Å². The second kappa shape index (κ2) is 6.54. The van der Waals surface area contributed by atoms with Gasteiger partial charge in [0.1, 0.15) is 0 Å². The number of aliphatic hydroxyl groups is 1. The molecule has 1 heterocycles. The molecule has 1 aromatic heterocycles. The molecule has 0 aliphatic carbocycles. The third-order valence-corrected chi connectivity index (χ3v) is 3.48. The minimum absolute atomic E-state index is 0.539. The number of para-hydroxylation sites is 1. The zero-order chi connectivity index (χ0) is 14.4. The van der Waals surface area contributed by atoms with Crippen molar-refractivity contribution in [2.24, 2.45) is 0 Å². The van der Waals surface area contributed by atoms with Crippen molar-refractivity contribution < 1.29 is 5.11 Å². The number of pyridine rings is 1. The predicted molar refractivity (Wildman–Crippen MR) is 83.2 cm³/mol. The maximum absolute atomic E-state index is 10.7. The molecule has 1 atom stereocenters. The number of unbranched alkanes of at least 4 members (excludes halogenated alkanes) is 2. The molecule has 0 radical (unpaired) electrons. The molecule has 0 fully saturated rings. The van der Waals surface area contributed by atoms with Gasteiger partial charge in [-0.3, -0.25) is 0 Å². The highest BCUT2D eigenvalue weighted by Crippen LogP contribution is 2.24. The summed E-state index contributed by atoms with van der Waals surface area (Å²) in [7, 11) is 0. The Morgan fingerprint density at radius 1 is 1.15 bits per heavy atom. The highest BCUT2D eigenvalue weighted by molar-refractivity contribution is 5.78. The lowest BCUT2D eigenvalue weighted by atomic mass is 9.95. The maximum Gasteiger partial charge on any atom is 0.167 e. The van der Waals surface area contributed by atoms with Gasteiger partial charge in [0.15, 0.2) is 5.60 Å². The number of fused-ring (bicyclic) bond motifs is 1. The molecule has 20 heavy (non-hydrogen) atoms. The summed E-state index contributed by atoms with van der Waals surface area (Å²) in [4.78, 5) is 4.56. The van der Waals surface area contributed by atoms with Crippen molar-refractivity contribution in [3.05, 3.63) is 42.1 Å². The minimum atomic E-state index is -1.14. The Labute approximate surface area is 120 Å². The van der Waals surface area contributed by atoms with Gasteiger partial charge in [-0.25, -0.2) is 4.98 Å². The molecule has 0 amide bonds. The van der Waals surface area contributed by atoms with Gasteiger partial charge in [0.2, 0.25) is 0 Å². The van der Waals surface area contributed by atoms with E-state index in [1.54, 1.807) is 0 Å². The predicted octanol–water partition coefficient (Wildman–Crippen LogP) is 4.03. The molecule has 1 aromatic carbocycles. The number of hydrogen-bond donors (Lipinski definition) is 1. The van der Waals surface area contributed by atoms with E-state index in [1.165, 1.54) is 0 Å². The Bertz CT molecular complexity index is 638. The number of benzene rings is 1. The lowest BCUT2D eigenvalue weighted by Crippen LogP contribution is -2.23. The van der Waals surface area contributed by atoms with Crippen molar-refractivity contribution in [3.8, 4) is 11.8 Å². The van der Waals surface area contributed by atoms with Crippen LogP contribution in [-0.4, -0.2) is 10.1 Å². The van der Waals surface area contributed by atoms with Crippen molar-refractivity contribution in [1.29, 1.82) is 0 Å². The molecule has 2 aromatic rings. The standard InChI is InChI=1S/C18H21NO/c1-3-5-6-9-14-18(20,4-2)17-13-12-15-10-7-8-11-16(15)19-17/h7-8,10-13,20H,3-6H2,1-2H3. The Hall–Kier alpha value is -1.85. The fourth-order valence-electron chi connectivity index (χ4n) is 2.10. The largest absolute Gasteiger partial charge is 0.372 e. The summed E-state index contributed by atoms with van der Waals surface area (Å²) in [5, 5.41) is 11.8. The average Bonchev–Trinajstić information content (AvgIpc) is 2.51. The van der Waals surface area contributed by atoms with Gasteiger partial charge in [-0.05, 0) is 25.0 Å². The van der Waals surface area contributed by atoms with E-state index < -0.39 is 5.60 Å². The van der Waals surface area contributed by atoms with Crippen LogP contribution in [0.2, 0.25) is 0 Å². The molecule has 0 aliphatic heterocycles. The topological polar surface area (TPSA) is 33.1 Å². The van der Waals surface area contributed by atoms with Crippen LogP contribution in [0.3, 0.4) is 0 Å². The van der Waals surface area contributed by atoms with E-state index >= 15 is 0 Å². The highest BCUT2D eigenvalue weighted by Gasteiger charge is 2.26. The summed E-state index contributed by atoms with van der Waals surface area (Å²) in [6.07, 6.45) is 3.55. The van der Waals surface area contributed by atoms with Crippen LogP contribution in [0.4, 0.5) is 0 Å². The van der Waals surface area contributed by atoms with E-state index in [-0.39, 0.29) is 0 Å². The second-order valence-electron chi connectivity index (χ2n) is 5.01. The Kier molecular flexibility index (Phi) is 4.76. The van der Waals surface area contributed by atoms with Gasteiger partial charge in [-0.15, -0.1) is 0 Å². The molecule has 1 N–H and O–H groups in total. The minimum Gasteiger partial charge on any atom is -0.372 e. The third kappa shape index (κ3) is 3.18. The van der Waals surface area contributed by atoms with Crippen molar-refractivity contribution in [2.75, 3.05) is 0 Å². The van der Waals surface area contributed by atoms with E-state index in [0.717, 1.165) is 30.2 Å². The zero-order valence-electron chi connectivity index (χ0n) is 12.2. The summed E-state index contributed by atoms with van der Waals surface area (Å²) < 4.78 is 0. The molecular formula is C18H21NO. The summed E-state index contributed by atoms with van der Waals surface area (Å²) in [6, 6.07) is 11.8. The van der Waals surface area contributed by atoms with Gasteiger partial charge in [0.25, 0.3) is 0 Å². The first-order valence-corrected chi connectivity index (χ1v) is 7.28. The van der Waals surface area contributed by atoms with Gasteiger partial charge < -0.3 is 5.11 Å². The van der Waals surface area contributed by atoms with E-state index in [1.807, 2.05) is 43.3 Å². The molecule has 0 saturated heterocycles. The highest BCUT2D eigenvalue weighted by atomic mass is 16.3. The van der Waals surface area contributed by atoms with Crippen LogP contribution in [0.1, 0.15) is 45.2 Å². The molecule has 2 nitrogen and oxygen atoms in total. The Balaban J connectivity index is 2.34. The number of hydrogen-bond acceptors (Lipinski definition) is 2. The number of rotatable bonds is 4. The fourth-order valence-corrected chi connectivity index (χ4v) is 2.10. The van der Waals surface area contributed by atoms with E-state index in [9.17, 15) is 5.11 Å². The van der Waals surface area contributed by atoms with Crippen LogP contribution in [-0.2, 0) is 5.60 Å². The molecule has 0 saturated carbocycles. The van der Waals surface area contributed by atoms with Crippen molar-refractivity contribution in [3.63, 3.8) is 0 Å². The SMILES string of the molecule is CCCCC#CC(O)(CC)c1ccc2ccccc2n1. The van der Waals surface area contributed by atoms with Crippen LogP contribution in [0.25, 0.3) is 10.9 Å².